The van der Waals surface area contributed by atoms with Crippen molar-refractivity contribution in [2.75, 3.05) is 0 Å². The molecule has 0 aromatic heterocycles. The maximum Gasteiger partial charge on any atom is 0.312 e. The van der Waals surface area contributed by atoms with Crippen molar-refractivity contribution in [3.63, 3.8) is 0 Å². The summed E-state index contributed by atoms with van der Waals surface area (Å²) in [6.45, 7) is 11.5. The van der Waals surface area contributed by atoms with Crippen LogP contribution in [0.25, 0.3) is 0 Å². The lowest BCUT2D eigenvalue weighted by Gasteiger charge is -2.44. The fourth-order valence-electron chi connectivity index (χ4n) is 2.84. The van der Waals surface area contributed by atoms with E-state index in [0.717, 1.165) is 12.8 Å². The van der Waals surface area contributed by atoms with Gasteiger partial charge in [-0.2, -0.15) is 0 Å². The number of ether oxygens (including phenoxy) is 1. The second kappa shape index (κ2) is 5.20. The Labute approximate surface area is 111 Å². The van der Waals surface area contributed by atoms with E-state index >= 15 is 0 Å². The third-order valence-corrected chi connectivity index (χ3v) is 4.13. The number of esters is 1. The van der Waals surface area contributed by atoms with Crippen LogP contribution < -0.4 is 0 Å². The summed E-state index contributed by atoms with van der Waals surface area (Å²) >= 11 is 0. The van der Waals surface area contributed by atoms with E-state index in [9.17, 15) is 9.90 Å². The first-order valence-electron chi connectivity index (χ1n) is 7.01. The predicted octanol–water partition coefficient (Wildman–Crippen LogP) is 3.15. The minimum Gasteiger partial charge on any atom is -0.460 e. The van der Waals surface area contributed by atoms with Crippen LogP contribution in [0.15, 0.2) is 0 Å². The molecular weight excluding hydrogens is 228 g/mol. The molecule has 0 radical (unpaired) electrons. The summed E-state index contributed by atoms with van der Waals surface area (Å²) in [4.78, 5) is 12.1. The van der Waals surface area contributed by atoms with Gasteiger partial charge in [-0.15, -0.1) is 0 Å². The molecule has 0 amide bonds. The van der Waals surface area contributed by atoms with Crippen molar-refractivity contribution < 1.29 is 14.6 Å². The van der Waals surface area contributed by atoms with Crippen LogP contribution in [0.4, 0.5) is 0 Å². The SMILES string of the molecule is CC1CCC(C)C(O)(C(C)C(=O)OC(C)(C)C)C1. The Kier molecular flexibility index (Phi) is 4.47. The molecule has 1 saturated carbocycles. The largest absolute Gasteiger partial charge is 0.460 e. The Morgan fingerprint density at radius 2 is 1.89 bits per heavy atom. The number of carbonyl (C=O) groups excluding carboxylic acids is 1. The molecule has 0 spiro atoms. The summed E-state index contributed by atoms with van der Waals surface area (Å²) in [6, 6.07) is 0. The first-order valence-corrected chi connectivity index (χ1v) is 7.01. The Morgan fingerprint density at radius 1 is 1.33 bits per heavy atom. The average Bonchev–Trinajstić information content (AvgIpc) is 2.20. The second-order valence-electron chi connectivity index (χ2n) is 7.03. The Hall–Kier alpha value is -0.570. The normalized spacial score (nSPS) is 35.1. The van der Waals surface area contributed by atoms with Gasteiger partial charge in [-0.1, -0.05) is 20.3 Å². The molecule has 1 fully saturated rings. The number of aliphatic hydroxyl groups is 1. The van der Waals surface area contributed by atoms with Crippen molar-refractivity contribution in [2.45, 2.75) is 72.0 Å². The van der Waals surface area contributed by atoms with Crippen molar-refractivity contribution in [3.05, 3.63) is 0 Å². The molecule has 0 bridgehead atoms. The first kappa shape index (κ1) is 15.5. The van der Waals surface area contributed by atoms with E-state index in [0.29, 0.717) is 12.3 Å². The third kappa shape index (κ3) is 3.47. The molecule has 0 saturated heterocycles. The molecule has 0 heterocycles. The van der Waals surface area contributed by atoms with Gasteiger partial charge < -0.3 is 9.84 Å². The van der Waals surface area contributed by atoms with Crippen LogP contribution in [0.3, 0.4) is 0 Å². The summed E-state index contributed by atoms with van der Waals surface area (Å²) in [5.74, 6) is -0.132. The van der Waals surface area contributed by atoms with Gasteiger partial charge in [0.1, 0.15) is 5.60 Å². The quantitative estimate of drug-likeness (QED) is 0.772. The zero-order chi connectivity index (χ0) is 14.1. The van der Waals surface area contributed by atoms with E-state index in [2.05, 4.69) is 6.92 Å². The molecule has 1 N–H and O–H groups in total. The smallest absolute Gasteiger partial charge is 0.312 e. The molecule has 18 heavy (non-hydrogen) atoms. The number of rotatable bonds is 2. The summed E-state index contributed by atoms with van der Waals surface area (Å²) in [6.07, 6.45) is 2.80. The molecule has 3 nitrogen and oxygen atoms in total. The Balaban J connectivity index is 2.80. The van der Waals surface area contributed by atoms with Gasteiger partial charge >= 0.3 is 5.97 Å². The van der Waals surface area contributed by atoms with E-state index in [-0.39, 0.29) is 11.9 Å². The van der Waals surface area contributed by atoms with Gasteiger partial charge in [-0.3, -0.25) is 4.79 Å². The zero-order valence-corrected chi connectivity index (χ0v) is 12.6. The average molecular weight is 256 g/mol. The molecule has 4 atom stereocenters. The summed E-state index contributed by atoms with van der Waals surface area (Å²) in [7, 11) is 0. The fraction of sp³-hybridized carbons (Fsp3) is 0.933. The third-order valence-electron chi connectivity index (χ3n) is 4.13. The van der Waals surface area contributed by atoms with Crippen LogP contribution in [-0.2, 0) is 9.53 Å². The highest BCUT2D eigenvalue weighted by molar-refractivity contribution is 5.74. The fourth-order valence-corrected chi connectivity index (χ4v) is 2.84. The van der Waals surface area contributed by atoms with E-state index in [1.807, 2.05) is 27.7 Å². The van der Waals surface area contributed by atoms with Crippen molar-refractivity contribution >= 4 is 5.97 Å². The standard InChI is InChI=1S/C15H28O3/c1-10-7-8-11(2)15(17,9-10)12(3)13(16)18-14(4,5)6/h10-12,17H,7-9H2,1-6H3. The lowest BCUT2D eigenvalue weighted by molar-refractivity contribution is -0.177. The molecule has 106 valence electrons. The van der Waals surface area contributed by atoms with Gasteiger partial charge in [0.05, 0.1) is 11.5 Å². The molecule has 0 aliphatic heterocycles. The highest BCUT2D eigenvalue weighted by atomic mass is 16.6. The minimum absolute atomic E-state index is 0.149. The van der Waals surface area contributed by atoms with E-state index < -0.39 is 17.1 Å². The Bertz CT molecular complexity index is 305. The lowest BCUT2D eigenvalue weighted by atomic mass is 9.66. The number of hydrogen-bond acceptors (Lipinski definition) is 3. The summed E-state index contributed by atoms with van der Waals surface area (Å²) in [5, 5.41) is 10.8. The van der Waals surface area contributed by atoms with E-state index in [4.69, 9.17) is 4.74 Å². The lowest BCUT2D eigenvalue weighted by Crippen LogP contribution is -2.51. The minimum atomic E-state index is -0.917. The highest BCUT2D eigenvalue weighted by Crippen LogP contribution is 2.42. The predicted molar refractivity (Wildman–Crippen MR) is 72.1 cm³/mol. The van der Waals surface area contributed by atoms with E-state index in [1.165, 1.54) is 0 Å². The molecule has 4 unspecified atom stereocenters. The molecule has 0 aromatic carbocycles. The monoisotopic (exact) mass is 256 g/mol. The maximum absolute atomic E-state index is 12.1. The summed E-state index contributed by atoms with van der Waals surface area (Å²) in [5.41, 5.74) is -1.41. The van der Waals surface area contributed by atoms with Crippen molar-refractivity contribution in [1.82, 2.24) is 0 Å². The van der Waals surface area contributed by atoms with Crippen LogP contribution >= 0.6 is 0 Å². The molecule has 1 aliphatic carbocycles. The van der Waals surface area contributed by atoms with Gasteiger partial charge in [0, 0.05) is 0 Å². The highest BCUT2D eigenvalue weighted by Gasteiger charge is 2.47. The molecule has 3 heteroatoms. The topological polar surface area (TPSA) is 46.5 Å². The van der Waals surface area contributed by atoms with Gasteiger partial charge in [0.15, 0.2) is 0 Å². The molecular formula is C15H28O3. The molecule has 1 rings (SSSR count). The van der Waals surface area contributed by atoms with Crippen LogP contribution in [0, 0.1) is 17.8 Å². The molecule has 1 aliphatic rings. The van der Waals surface area contributed by atoms with Crippen molar-refractivity contribution in [3.8, 4) is 0 Å². The van der Waals surface area contributed by atoms with Crippen LogP contribution in [-0.4, -0.2) is 22.3 Å². The van der Waals surface area contributed by atoms with Crippen LogP contribution in [0.1, 0.15) is 60.8 Å². The van der Waals surface area contributed by atoms with E-state index in [1.54, 1.807) is 6.92 Å². The second-order valence-corrected chi connectivity index (χ2v) is 7.03. The maximum atomic E-state index is 12.1. The van der Waals surface area contributed by atoms with Crippen molar-refractivity contribution in [2.24, 2.45) is 17.8 Å². The van der Waals surface area contributed by atoms with Gasteiger partial charge in [0.25, 0.3) is 0 Å². The van der Waals surface area contributed by atoms with Crippen LogP contribution in [0.5, 0.6) is 0 Å². The first-order chi connectivity index (χ1) is 8.06. The Morgan fingerprint density at radius 3 is 2.39 bits per heavy atom. The molecule has 0 aromatic rings. The number of carbonyl (C=O) groups is 1. The van der Waals surface area contributed by atoms with Crippen molar-refractivity contribution in [1.29, 1.82) is 0 Å². The van der Waals surface area contributed by atoms with Crippen LogP contribution in [0.2, 0.25) is 0 Å². The van der Waals surface area contributed by atoms with Gasteiger partial charge in [-0.05, 0) is 52.4 Å². The summed E-state index contributed by atoms with van der Waals surface area (Å²) < 4.78 is 5.40. The van der Waals surface area contributed by atoms with Gasteiger partial charge in [0.2, 0.25) is 0 Å². The van der Waals surface area contributed by atoms with Gasteiger partial charge in [-0.25, -0.2) is 0 Å². The number of hydrogen-bond donors (Lipinski definition) is 1. The zero-order valence-electron chi connectivity index (χ0n) is 12.6.